The molecule has 5 heteroatoms. The van der Waals surface area contributed by atoms with E-state index in [0.29, 0.717) is 11.4 Å². The maximum absolute atomic E-state index is 10.7. The minimum atomic E-state index is 0.450. The summed E-state index contributed by atoms with van der Waals surface area (Å²) in [6.07, 6.45) is 0.736. The Balaban J connectivity index is 2.83. The third kappa shape index (κ3) is 1.21. The van der Waals surface area contributed by atoms with Gasteiger partial charge in [-0.15, -0.1) is 0 Å². The van der Waals surface area contributed by atoms with Gasteiger partial charge in [0, 0.05) is 5.39 Å². The first-order valence-electron chi connectivity index (χ1n) is 3.93. The first kappa shape index (κ1) is 9.21. The fourth-order valence-electron chi connectivity index (χ4n) is 1.32. The molecule has 0 unspecified atom stereocenters. The summed E-state index contributed by atoms with van der Waals surface area (Å²) in [5.41, 5.74) is 1.19. The number of halogens is 1. The number of fused-ring (bicyclic) bond motifs is 1. The Kier molecular flexibility index (Phi) is 2.25. The summed E-state index contributed by atoms with van der Waals surface area (Å²) in [4.78, 5) is 10.7. The van der Waals surface area contributed by atoms with Crippen LogP contribution in [0.1, 0.15) is 10.5 Å². The SMILES string of the molecule is COc1ccc2n[nH]c(C=O)c2c1Br. The largest absolute Gasteiger partial charge is 0.496 e. The van der Waals surface area contributed by atoms with Gasteiger partial charge in [-0.2, -0.15) is 5.10 Å². The molecular weight excluding hydrogens is 248 g/mol. The van der Waals surface area contributed by atoms with Crippen molar-refractivity contribution in [3.8, 4) is 5.75 Å². The van der Waals surface area contributed by atoms with Gasteiger partial charge in [0.15, 0.2) is 6.29 Å². The van der Waals surface area contributed by atoms with Gasteiger partial charge in [0.25, 0.3) is 0 Å². The number of methoxy groups -OCH3 is 1. The van der Waals surface area contributed by atoms with Gasteiger partial charge >= 0.3 is 0 Å². The number of nitrogens with one attached hydrogen (secondary N) is 1. The van der Waals surface area contributed by atoms with Gasteiger partial charge in [-0.3, -0.25) is 9.89 Å². The molecule has 1 heterocycles. The van der Waals surface area contributed by atoms with Crippen molar-refractivity contribution in [3.63, 3.8) is 0 Å². The normalized spacial score (nSPS) is 10.4. The van der Waals surface area contributed by atoms with Crippen LogP contribution >= 0.6 is 15.9 Å². The highest BCUT2D eigenvalue weighted by molar-refractivity contribution is 9.10. The van der Waals surface area contributed by atoms with Gasteiger partial charge in [-0.25, -0.2) is 0 Å². The molecule has 0 spiro atoms. The lowest BCUT2D eigenvalue weighted by Crippen LogP contribution is -1.86. The van der Waals surface area contributed by atoms with Crippen LogP contribution in [0.3, 0.4) is 0 Å². The molecule has 0 fully saturated rings. The first-order chi connectivity index (χ1) is 6.77. The first-order valence-corrected chi connectivity index (χ1v) is 4.73. The number of benzene rings is 1. The van der Waals surface area contributed by atoms with E-state index in [1.807, 2.05) is 0 Å². The lowest BCUT2D eigenvalue weighted by molar-refractivity contribution is 0.112. The number of nitrogens with zero attached hydrogens (tertiary/aromatic N) is 1. The Morgan fingerprint density at radius 2 is 2.36 bits per heavy atom. The quantitative estimate of drug-likeness (QED) is 0.836. The average molecular weight is 255 g/mol. The zero-order valence-electron chi connectivity index (χ0n) is 7.37. The zero-order valence-corrected chi connectivity index (χ0v) is 8.96. The zero-order chi connectivity index (χ0) is 10.1. The lowest BCUT2D eigenvalue weighted by Gasteiger charge is -2.02. The van der Waals surface area contributed by atoms with Gasteiger partial charge in [0.05, 0.1) is 17.1 Å². The molecule has 0 saturated carbocycles. The molecule has 0 radical (unpaired) electrons. The highest BCUT2D eigenvalue weighted by Gasteiger charge is 2.11. The fourth-order valence-corrected chi connectivity index (χ4v) is 2.03. The summed E-state index contributed by atoms with van der Waals surface area (Å²) in [6.45, 7) is 0. The van der Waals surface area contributed by atoms with Gasteiger partial charge in [-0.1, -0.05) is 0 Å². The predicted octanol–water partition coefficient (Wildman–Crippen LogP) is 2.15. The number of hydrogen-bond acceptors (Lipinski definition) is 3. The molecule has 2 rings (SSSR count). The van der Waals surface area contributed by atoms with Crippen LogP contribution in [0.25, 0.3) is 10.9 Å². The highest BCUT2D eigenvalue weighted by Crippen LogP contribution is 2.33. The third-order valence-electron chi connectivity index (χ3n) is 1.99. The number of ether oxygens (including phenoxy) is 1. The molecule has 0 aliphatic heterocycles. The van der Waals surface area contributed by atoms with Crippen LogP contribution in [0.4, 0.5) is 0 Å². The number of rotatable bonds is 2. The molecule has 1 aromatic carbocycles. The minimum Gasteiger partial charge on any atom is -0.496 e. The van der Waals surface area contributed by atoms with E-state index >= 15 is 0 Å². The second kappa shape index (κ2) is 3.42. The van der Waals surface area contributed by atoms with Crippen molar-refractivity contribution in [1.82, 2.24) is 10.2 Å². The predicted molar refractivity (Wildman–Crippen MR) is 55.7 cm³/mol. The highest BCUT2D eigenvalue weighted by atomic mass is 79.9. The number of carbonyl (C=O) groups excluding carboxylic acids is 1. The molecule has 14 heavy (non-hydrogen) atoms. The van der Waals surface area contributed by atoms with Crippen LogP contribution in [0.15, 0.2) is 16.6 Å². The summed E-state index contributed by atoms with van der Waals surface area (Å²) >= 11 is 3.37. The number of H-pyrrole nitrogens is 1. The van der Waals surface area contributed by atoms with E-state index in [9.17, 15) is 4.79 Å². The Morgan fingerprint density at radius 3 is 3.00 bits per heavy atom. The van der Waals surface area contributed by atoms with E-state index in [2.05, 4.69) is 26.1 Å². The van der Waals surface area contributed by atoms with Crippen LogP contribution in [0.2, 0.25) is 0 Å². The molecule has 0 amide bonds. The van der Waals surface area contributed by atoms with Crippen LogP contribution in [0, 0.1) is 0 Å². The second-order valence-corrected chi connectivity index (χ2v) is 3.52. The Labute approximate surface area is 88.4 Å². The Hall–Kier alpha value is -1.36. The molecule has 0 saturated heterocycles. The van der Waals surface area contributed by atoms with Crippen molar-refractivity contribution in [1.29, 1.82) is 0 Å². The summed E-state index contributed by atoms with van der Waals surface area (Å²) in [5, 5.41) is 7.39. The minimum absolute atomic E-state index is 0.450. The van der Waals surface area contributed by atoms with Crippen molar-refractivity contribution < 1.29 is 9.53 Å². The molecule has 1 N–H and O–H groups in total. The fraction of sp³-hybridized carbons (Fsp3) is 0.111. The van der Waals surface area contributed by atoms with Crippen LogP contribution in [-0.2, 0) is 0 Å². The summed E-state index contributed by atoms with van der Waals surface area (Å²) in [6, 6.07) is 3.59. The van der Waals surface area contributed by atoms with E-state index in [-0.39, 0.29) is 0 Å². The summed E-state index contributed by atoms with van der Waals surface area (Å²) in [7, 11) is 1.58. The average Bonchev–Trinajstić information content (AvgIpc) is 2.62. The number of aldehydes is 1. The summed E-state index contributed by atoms with van der Waals surface area (Å²) in [5.74, 6) is 0.682. The van der Waals surface area contributed by atoms with Crippen LogP contribution < -0.4 is 4.74 Å². The number of hydrogen-bond donors (Lipinski definition) is 1. The van der Waals surface area contributed by atoms with Gasteiger partial charge in [0.2, 0.25) is 0 Å². The Morgan fingerprint density at radius 1 is 1.57 bits per heavy atom. The Bertz CT molecular complexity index is 493. The number of aromatic nitrogens is 2. The standard InChI is InChI=1S/C9H7BrN2O2/c1-14-7-3-2-5-8(9(7)10)6(4-13)12-11-5/h2-4H,1H3,(H,11,12). The topological polar surface area (TPSA) is 55.0 Å². The maximum Gasteiger partial charge on any atom is 0.168 e. The van der Waals surface area contributed by atoms with E-state index in [4.69, 9.17) is 4.74 Å². The lowest BCUT2D eigenvalue weighted by atomic mass is 10.2. The molecule has 72 valence electrons. The maximum atomic E-state index is 10.7. The van der Waals surface area contributed by atoms with Crippen molar-refractivity contribution in [3.05, 3.63) is 22.3 Å². The van der Waals surface area contributed by atoms with Crippen molar-refractivity contribution in [2.45, 2.75) is 0 Å². The van der Waals surface area contributed by atoms with E-state index in [1.165, 1.54) is 0 Å². The van der Waals surface area contributed by atoms with Crippen LogP contribution in [-0.4, -0.2) is 23.6 Å². The third-order valence-corrected chi connectivity index (χ3v) is 2.78. The van der Waals surface area contributed by atoms with Crippen molar-refractivity contribution >= 4 is 33.1 Å². The van der Waals surface area contributed by atoms with Gasteiger partial charge < -0.3 is 4.74 Å². The number of aromatic amines is 1. The van der Waals surface area contributed by atoms with Crippen molar-refractivity contribution in [2.75, 3.05) is 7.11 Å². The van der Waals surface area contributed by atoms with E-state index in [1.54, 1.807) is 19.2 Å². The molecule has 0 bridgehead atoms. The smallest absolute Gasteiger partial charge is 0.168 e. The van der Waals surface area contributed by atoms with Crippen LogP contribution in [0.5, 0.6) is 5.75 Å². The van der Waals surface area contributed by atoms with Crippen molar-refractivity contribution in [2.24, 2.45) is 0 Å². The van der Waals surface area contributed by atoms with E-state index in [0.717, 1.165) is 21.7 Å². The molecule has 0 atom stereocenters. The molecule has 4 nitrogen and oxygen atoms in total. The van der Waals surface area contributed by atoms with Gasteiger partial charge in [0.1, 0.15) is 11.4 Å². The second-order valence-electron chi connectivity index (χ2n) is 2.73. The number of carbonyl (C=O) groups is 1. The van der Waals surface area contributed by atoms with E-state index < -0.39 is 0 Å². The molecule has 0 aliphatic carbocycles. The van der Waals surface area contributed by atoms with Gasteiger partial charge in [-0.05, 0) is 28.1 Å². The molecule has 1 aromatic heterocycles. The molecular formula is C9H7BrN2O2. The monoisotopic (exact) mass is 254 g/mol. The molecule has 0 aliphatic rings. The summed E-state index contributed by atoms with van der Waals surface area (Å²) < 4.78 is 5.86. The molecule has 2 aromatic rings.